The topological polar surface area (TPSA) is 67.7 Å². The Bertz CT molecular complexity index is 860. The third-order valence-corrected chi connectivity index (χ3v) is 4.82. The summed E-state index contributed by atoms with van der Waals surface area (Å²) in [5.74, 6) is -0.601. The van der Waals surface area contributed by atoms with E-state index in [9.17, 15) is 9.59 Å². The van der Waals surface area contributed by atoms with Crippen molar-refractivity contribution in [2.24, 2.45) is 5.92 Å². The van der Waals surface area contributed by atoms with Gasteiger partial charge in [-0.3, -0.25) is 9.48 Å². The van der Waals surface area contributed by atoms with Crippen LogP contribution in [0.4, 0.5) is 5.69 Å². The van der Waals surface area contributed by atoms with Gasteiger partial charge in [0.15, 0.2) is 6.61 Å². The highest BCUT2D eigenvalue weighted by Gasteiger charge is 2.23. The number of anilines is 1. The molecule has 0 fully saturated rings. The van der Waals surface area contributed by atoms with E-state index in [1.807, 2.05) is 57.1 Å². The molecule has 29 heavy (non-hydrogen) atoms. The number of halogens is 1. The van der Waals surface area contributed by atoms with Gasteiger partial charge >= 0.3 is 5.97 Å². The molecule has 0 aliphatic heterocycles. The third kappa shape index (κ3) is 5.97. The molecular weight excluding hydrogens is 392 g/mol. The van der Waals surface area contributed by atoms with Crippen LogP contribution in [0.1, 0.15) is 35.5 Å². The summed E-state index contributed by atoms with van der Waals surface area (Å²) in [7, 11) is 5.62. The highest BCUT2D eigenvalue weighted by atomic mass is 35.5. The van der Waals surface area contributed by atoms with Crippen molar-refractivity contribution in [2.75, 3.05) is 32.6 Å². The first-order chi connectivity index (χ1) is 13.6. The smallest absolute Gasteiger partial charge is 0.343 e. The van der Waals surface area contributed by atoms with Crippen LogP contribution in [0.3, 0.4) is 0 Å². The van der Waals surface area contributed by atoms with E-state index in [0.717, 1.165) is 11.3 Å². The van der Waals surface area contributed by atoms with E-state index in [0.29, 0.717) is 24.7 Å². The van der Waals surface area contributed by atoms with Crippen LogP contribution in [0.5, 0.6) is 0 Å². The molecule has 0 spiro atoms. The lowest BCUT2D eigenvalue weighted by molar-refractivity contribution is -0.133. The Morgan fingerprint density at radius 3 is 2.34 bits per heavy atom. The average molecular weight is 421 g/mol. The Morgan fingerprint density at radius 1 is 1.17 bits per heavy atom. The number of likely N-dealkylation sites (N-methyl/N-ethyl adjacent to an activating group) is 1. The zero-order valence-corrected chi connectivity index (χ0v) is 18.7. The molecule has 2 aromatic rings. The summed E-state index contributed by atoms with van der Waals surface area (Å²) in [6.07, 6.45) is 0. The summed E-state index contributed by atoms with van der Waals surface area (Å²) in [6, 6.07) is 7.93. The van der Waals surface area contributed by atoms with Gasteiger partial charge in [0, 0.05) is 39.9 Å². The molecule has 0 N–H and O–H groups in total. The maximum atomic E-state index is 12.4. The number of hydrogen-bond acceptors (Lipinski definition) is 5. The lowest BCUT2D eigenvalue weighted by Crippen LogP contribution is -2.31. The van der Waals surface area contributed by atoms with E-state index < -0.39 is 5.97 Å². The molecule has 0 saturated heterocycles. The number of aromatic nitrogens is 2. The fraction of sp³-hybridized carbons (Fsp3) is 0.476. The summed E-state index contributed by atoms with van der Waals surface area (Å²) < 4.78 is 6.79. The quantitative estimate of drug-likeness (QED) is 0.612. The predicted molar refractivity (Wildman–Crippen MR) is 114 cm³/mol. The molecule has 8 heteroatoms. The first-order valence-electron chi connectivity index (χ1n) is 9.50. The molecule has 0 atom stereocenters. The van der Waals surface area contributed by atoms with Crippen molar-refractivity contribution in [3.63, 3.8) is 0 Å². The molecule has 0 aliphatic carbocycles. The van der Waals surface area contributed by atoms with Crippen LogP contribution < -0.4 is 4.90 Å². The van der Waals surface area contributed by atoms with Crippen LogP contribution in [0, 0.1) is 12.8 Å². The number of nitrogens with zero attached hydrogens (tertiary/aromatic N) is 4. The molecule has 1 aromatic heterocycles. The van der Waals surface area contributed by atoms with Crippen LogP contribution in [0.15, 0.2) is 24.3 Å². The van der Waals surface area contributed by atoms with E-state index in [1.165, 1.54) is 4.90 Å². The predicted octanol–water partition coefficient (Wildman–Crippen LogP) is 3.38. The average Bonchev–Trinajstić information content (AvgIpc) is 2.92. The number of carbonyl (C=O) groups excluding carboxylic acids is 2. The standard InChI is InChI=1S/C21H29ClN4O3/c1-14(2)11-26-20(22)19(15(3)23-26)21(28)29-13-18(27)25(6)12-16-7-9-17(10-8-16)24(4)5/h7-10,14H,11-13H2,1-6H3. The molecule has 158 valence electrons. The summed E-state index contributed by atoms with van der Waals surface area (Å²) in [5.41, 5.74) is 2.78. The van der Waals surface area contributed by atoms with Crippen molar-refractivity contribution in [1.82, 2.24) is 14.7 Å². The van der Waals surface area contributed by atoms with Crippen LogP contribution in [-0.4, -0.2) is 54.3 Å². The maximum Gasteiger partial charge on any atom is 0.343 e. The number of amides is 1. The van der Waals surface area contributed by atoms with Crippen molar-refractivity contribution >= 4 is 29.2 Å². The van der Waals surface area contributed by atoms with Gasteiger partial charge in [-0.05, 0) is 30.5 Å². The molecule has 2 rings (SSSR count). The van der Waals surface area contributed by atoms with Crippen molar-refractivity contribution < 1.29 is 14.3 Å². The van der Waals surface area contributed by atoms with Crippen molar-refractivity contribution in [1.29, 1.82) is 0 Å². The number of benzene rings is 1. The second kappa shape index (κ2) is 9.78. The van der Waals surface area contributed by atoms with Crippen LogP contribution in [-0.2, 0) is 22.6 Å². The molecule has 0 aliphatic rings. The normalized spacial score (nSPS) is 10.9. The molecule has 0 unspecified atom stereocenters. The summed E-state index contributed by atoms with van der Waals surface area (Å²) in [6.45, 7) is 6.44. The Labute approximate surface area is 177 Å². The van der Waals surface area contributed by atoms with E-state index >= 15 is 0 Å². The van der Waals surface area contributed by atoms with Crippen LogP contribution in [0.2, 0.25) is 5.15 Å². The fourth-order valence-electron chi connectivity index (χ4n) is 2.82. The SMILES string of the molecule is Cc1nn(CC(C)C)c(Cl)c1C(=O)OCC(=O)N(C)Cc1ccc(N(C)C)cc1. The highest BCUT2D eigenvalue weighted by Crippen LogP contribution is 2.22. The number of hydrogen-bond donors (Lipinski definition) is 0. The van der Waals surface area contributed by atoms with Crippen molar-refractivity contribution in [2.45, 2.75) is 33.9 Å². The number of esters is 1. The van der Waals surface area contributed by atoms with E-state index in [4.69, 9.17) is 16.3 Å². The van der Waals surface area contributed by atoms with E-state index in [-0.39, 0.29) is 23.2 Å². The van der Waals surface area contributed by atoms with Crippen molar-refractivity contribution in [3.05, 3.63) is 46.2 Å². The minimum atomic E-state index is -0.639. The van der Waals surface area contributed by atoms with Crippen molar-refractivity contribution in [3.8, 4) is 0 Å². The number of rotatable bonds is 8. The molecule has 0 bridgehead atoms. The molecule has 1 aromatic carbocycles. The van der Waals surface area contributed by atoms with Gasteiger partial charge in [-0.25, -0.2) is 4.79 Å². The Morgan fingerprint density at radius 2 is 1.79 bits per heavy atom. The fourth-order valence-corrected chi connectivity index (χ4v) is 3.14. The molecule has 1 heterocycles. The van der Waals surface area contributed by atoms with Gasteiger partial charge in [-0.15, -0.1) is 0 Å². The van der Waals surface area contributed by atoms with Gasteiger partial charge in [0.05, 0.1) is 5.69 Å². The number of ether oxygens (including phenoxy) is 1. The summed E-state index contributed by atoms with van der Waals surface area (Å²) >= 11 is 6.29. The zero-order valence-electron chi connectivity index (χ0n) is 17.9. The first-order valence-corrected chi connectivity index (χ1v) is 9.88. The third-order valence-electron chi connectivity index (χ3n) is 4.43. The molecular formula is C21H29ClN4O3. The summed E-state index contributed by atoms with van der Waals surface area (Å²) in [4.78, 5) is 28.3. The van der Waals surface area contributed by atoms with Gasteiger partial charge < -0.3 is 14.5 Å². The lowest BCUT2D eigenvalue weighted by atomic mass is 10.2. The number of aryl methyl sites for hydroxylation is 1. The van der Waals surface area contributed by atoms with Gasteiger partial charge in [-0.2, -0.15) is 5.10 Å². The molecule has 7 nitrogen and oxygen atoms in total. The van der Waals surface area contributed by atoms with Gasteiger partial charge in [0.2, 0.25) is 0 Å². The Balaban J connectivity index is 1.94. The van der Waals surface area contributed by atoms with Gasteiger partial charge in [-0.1, -0.05) is 37.6 Å². The second-order valence-corrected chi connectivity index (χ2v) is 8.07. The Hall–Kier alpha value is -2.54. The highest BCUT2D eigenvalue weighted by molar-refractivity contribution is 6.32. The minimum Gasteiger partial charge on any atom is -0.452 e. The van der Waals surface area contributed by atoms with Crippen LogP contribution >= 0.6 is 11.6 Å². The molecule has 1 amide bonds. The van der Waals surface area contributed by atoms with Gasteiger partial charge in [0.1, 0.15) is 10.7 Å². The summed E-state index contributed by atoms with van der Waals surface area (Å²) in [5, 5.41) is 4.53. The maximum absolute atomic E-state index is 12.4. The second-order valence-electron chi connectivity index (χ2n) is 7.71. The molecule has 0 saturated carbocycles. The molecule has 0 radical (unpaired) electrons. The monoisotopic (exact) mass is 420 g/mol. The Kier molecular flexibility index (Phi) is 7.67. The van der Waals surface area contributed by atoms with E-state index in [2.05, 4.69) is 5.10 Å². The minimum absolute atomic E-state index is 0.210. The largest absolute Gasteiger partial charge is 0.452 e. The van der Waals surface area contributed by atoms with E-state index in [1.54, 1.807) is 18.7 Å². The van der Waals surface area contributed by atoms with Crippen LogP contribution in [0.25, 0.3) is 0 Å². The first kappa shape index (κ1) is 22.7. The lowest BCUT2D eigenvalue weighted by Gasteiger charge is -2.18. The van der Waals surface area contributed by atoms with Gasteiger partial charge in [0.25, 0.3) is 5.91 Å². The zero-order chi connectivity index (χ0) is 21.7. The number of carbonyl (C=O) groups is 2.